The van der Waals surface area contributed by atoms with E-state index in [1.807, 2.05) is 11.9 Å². The molecule has 4 heterocycles. The van der Waals surface area contributed by atoms with E-state index in [4.69, 9.17) is 4.74 Å². The summed E-state index contributed by atoms with van der Waals surface area (Å²) in [6, 6.07) is 11.4. The van der Waals surface area contributed by atoms with E-state index in [9.17, 15) is 9.50 Å². The highest BCUT2D eigenvalue weighted by Gasteiger charge is 2.42. The number of phenolic OH excluding ortho intramolecular Hbond substituents is 1. The molecule has 0 radical (unpaired) electrons. The van der Waals surface area contributed by atoms with Gasteiger partial charge in [0, 0.05) is 42.6 Å². The molecule has 1 aromatic heterocycles. The first-order chi connectivity index (χ1) is 19.7. The molecule has 0 aliphatic carbocycles. The van der Waals surface area contributed by atoms with Crippen molar-refractivity contribution in [2.45, 2.75) is 50.0 Å². The lowest BCUT2D eigenvalue weighted by molar-refractivity contribution is 0.188. The summed E-state index contributed by atoms with van der Waals surface area (Å²) in [5, 5.41) is 15.5. The van der Waals surface area contributed by atoms with Gasteiger partial charge in [0.25, 0.3) is 0 Å². The second-order valence-corrected chi connectivity index (χ2v) is 12.0. The van der Waals surface area contributed by atoms with Crippen molar-refractivity contribution in [1.29, 1.82) is 0 Å². The number of benzene rings is 3. The summed E-state index contributed by atoms with van der Waals surface area (Å²) in [5.74, 6) is -1.30. The second-order valence-electron chi connectivity index (χ2n) is 12.0. The molecule has 3 saturated heterocycles. The Labute approximate surface area is 235 Å². The highest BCUT2D eigenvalue weighted by atomic mass is 19.1. The molecule has 2 bridgehead atoms. The van der Waals surface area contributed by atoms with Gasteiger partial charge < -0.3 is 20.1 Å². The molecule has 10 heteroatoms. The third-order valence-corrected chi connectivity index (χ3v) is 8.88. The monoisotopic (exact) mass is 563 g/mol. The van der Waals surface area contributed by atoms with Crippen molar-refractivity contribution in [2.75, 3.05) is 38.2 Å². The lowest BCUT2D eigenvalue weighted by Gasteiger charge is -2.40. The molecule has 4 atom stereocenters. The predicted octanol–water partition coefficient (Wildman–Crippen LogP) is 5.19. The number of nitrogens with one attached hydrogen (secondary N) is 1. The Morgan fingerprint density at radius 1 is 1.12 bits per heavy atom. The van der Waals surface area contributed by atoms with Crippen molar-refractivity contribution in [1.82, 2.24) is 20.2 Å². The van der Waals surface area contributed by atoms with Gasteiger partial charge >= 0.3 is 6.01 Å². The van der Waals surface area contributed by atoms with Crippen LogP contribution in [-0.2, 0) is 0 Å². The first-order valence-corrected chi connectivity index (χ1v) is 14.1. The molecule has 4 aromatic rings. The number of likely N-dealkylation sites (N-methyl/N-ethyl adjacent to an activating group) is 1. The number of fused-ring (bicyclic) bond motifs is 4. The van der Waals surface area contributed by atoms with E-state index in [-0.39, 0.29) is 58.0 Å². The van der Waals surface area contributed by atoms with Gasteiger partial charge in [0.1, 0.15) is 35.7 Å². The molecular formula is C31H32F3N5O2. The number of aromatic hydroxyl groups is 1. The molecular weight excluding hydrogens is 531 g/mol. The average molecular weight is 564 g/mol. The van der Waals surface area contributed by atoms with Crippen LogP contribution in [0.15, 0.2) is 42.5 Å². The number of likely N-dealkylation sites (tertiary alicyclic amines) is 1. The van der Waals surface area contributed by atoms with Crippen LogP contribution < -0.4 is 15.0 Å². The molecule has 0 amide bonds. The molecule has 214 valence electrons. The minimum absolute atomic E-state index is 0.0311. The van der Waals surface area contributed by atoms with Gasteiger partial charge in [0.05, 0.1) is 5.56 Å². The Balaban J connectivity index is 1.38. The van der Waals surface area contributed by atoms with Gasteiger partial charge in [0.15, 0.2) is 5.82 Å². The van der Waals surface area contributed by atoms with Crippen molar-refractivity contribution >= 4 is 27.5 Å². The van der Waals surface area contributed by atoms with E-state index in [1.54, 1.807) is 30.3 Å². The fraction of sp³-hybridized carbons (Fsp3) is 0.419. The molecule has 0 spiro atoms. The second kappa shape index (κ2) is 9.73. The zero-order valence-corrected chi connectivity index (χ0v) is 23.0. The number of hydrogen-bond donors (Lipinski definition) is 2. The van der Waals surface area contributed by atoms with Gasteiger partial charge in [-0.1, -0.05) is 24.3 Å². The third-order valence-electron chi connectivity index (χ3n) is 8.88. The Bertz CT molecular complexity index is 1670. The fourth-order valence-corrected chi connectivity index (χ4v) is 6.90. The summed E-state index contributed by atoms with van der Waals surface area (Å²) >= 11 is 0. The standard InChI is InChI=1S/C31H32F3N5O2/c1-31-8-7-19(37-31)14-39(16-31)29-24-12-25(33)26(23-11-21(40)9-17-5-3-4-6-22(17)23)27(34)28(24)35-30(36-29)41-15-20-10-18(32)13-38(20)2/h3-6,9,11-12,18-20,37,40H,7-8,10,13-16H2,1-2H3/t18-,19-,20+,31-/m1/s1. The van der Waals surface area contributed by atoms with Crippen LogP contribution in [-0.4, -0.2) is 77.1 Å². The zero-order valence-electron chi connectivity index (χ0n) is 23.0. The fourth-order valence-electron chi connectivity index (χ4n) is 6.90. The Morgan fingerprint density at radius 3 is 2.73 bits per heavy atom. The SMILES string of the molecule is CN1C[C@H](F)C[C@H]1COc1nc(N2C[C@H]3CC[C@](C)(C2)N3)c2cc(F)c(-c3cc(O)cc4ccccc34)c(F)c2n1. The number of aromatic nitrogens is 2. The van der Waals surface area contributed by atoms with Crippen LogP contribution in [0, 0.1) is 11.6 Å². The van der Waals surface area contributed by atoms with Crippen LogP contribution in [0.2, 0.25) is 0 Å². The summed E-state index contributed by atoms with van der Waals surface area (Å²) in [6.07, 6.45) is 1.41. The van der Waals surface area contributed by atoms with Crippen molar-refractivity contribution in [2.24, 2.45) is 0 Å². The number of phenols is 1. The maximum Gasteiger partial charge on any atom is 0.319 e. The minimum atomic E-state index is -0.932. The van der Waals surface area contributed by atoms with Gasteiger partial charge in [-0.15, -0.1) is 0 Å². The summed E-state index contributed by atoms with van der Waals surface area (Å²) in [4.78, 5) is 13.1. The molecule has 3 fully saturated rings. The number of piperazine rings is 1. The van der Waals surface area contributed by atoms with Crippen molar-refractivity contribution in [3.05, 3.63) is 54.1 Å². The molecule has 2 N–H and O–H groups in total. The highest BCUT2D eigenvalue weighted by molar-refractivity contribution is 6.01. The summed E-state index contributed by atoms with van der Waals surface area (Å²) < 4.78 is 52.5. The van der Waals surface area contributed by atoms with Crippen LogP contribution in [0.4, 0.5) is 19.0 Å². The molecule has 7 nitrogen and oxygen atoms in total. The van der Waals surface area contributed by atoms with Gasteiger partial charge in [-0.2, -0.15) is 9.97 Å². The van der Waals surface area contributed by atoms with Crippen LogP contribution >= 0.6 is 0 Å². The number of rotatable bonds is 5. The molecule has 41 heavy (non-hydrogen) atoms. The lowest BCUT2D eigenvalue weighted by atomic mass is 9.95. The smallest absolute Gasteiger partial charge is 0.319 e. The molecule has 3 aromatic carbocycles. The predicted molar refractivity (Wildman–Crippen MR) is 152 cm³/mol. The molecule has 3 aliphatic rings. The maximum absolute atomic E-state index is 16.5. The third kappa shape index (κ3) is 4.63. The van der Waals surface area contributed by atoms with E-state index in [0.717, 1.165) is 12.8 Å². The average Bonchev–Trinajstić information content (AvgIpc) is 3.41. The normalized spacial score (nSPS) is 26.4. The van der Waals surface area contributed by atoms with Gasteiger partial charge in [0.2, 0.25) is 0 Å². The number of halogens is 3. The minimum Gasteiger partial charge on any atom is -0.508 e. The van der Waals surface area contributed by atoms with E-state index in [0.29, 0.717) is 42.6 Å². The molecule has 0 unspecified atom stereocenters. The number of ether oxygens (including phenoxy) is 1. The molecule has 7 rings (SSSR count). The number of hydrogen-bond acceptors (Lipinski definition) is 7. The Hall–Kier alpha value is -3.63. The summed E-state index contributed by atoms with van der Waals surface area (Å²) in [6.45, 7) is 3.88. The molecule has 3 aliphatic heterocycles. The van der Waals surface area contributed by atoms with Gasteiger partial charge in [-0.25, -0.2) is 13.2 Å². The van der Waals surface area contributed by atoms with Gasteiger partial charge in [-0.3, -0.25) is 4.90 Å². The van der Waals surface area contributed by atoms with Gasteiger partial charge in [-0.05, 0) is 67.8 Å². The van der Waals surface area contributed by atoms with Crippen molar-refractivity contribution < 1.29 is 23.0 Å². The zero-order chi connectivity index (χ0) is 28.5. The van der Waals surface area contributed by atoms with Crippen LogP contribution in [0.1, 0.15) is 26.2 Å². The topological polar surface area (TPSA) is 73.8 Å². The first-order valence-electron chi connectivity index (χ1n) is 14.1. The van der Waals surface area contributed by atoms with Crippen molar-refractivity contribution in [3.63, 3.8) is 0 Å². The maximum atomic E-state index is 16.5. The Morgan fingerprint density at radius 2 is 1.95 bits per heavy atom. The molecule has 0 saturated carbocycles. The van der Waals surface area contributed by atoms with Crippen molar-refractivity contribution in [3.8, 4) is 22.9 Å². The number of alkyl halides is 1. The number of anilines is 1. The largest absolute Gasteiger partial charge is 0.508 e. The van der Waals surface area contributed by atoms with E-state index >= 15 is 8.78 Å². The Kier molecular flexibility index (Phi) is 6.24. The first kappa shape index (κ1) is 26.3. The van der Waals surface area contributed by atoms with E-state index < -0.39 is 17.8 Å². The lowest BCUT2D eigenvalue weighted by Crippen LogP contribution is -2.58. The van der Waals surface area contributed by atoms with E-state index in [1.165, 1.54) is 12.1 Å². The van der Waals surface area contributed by atoms with Crippen LogP contribution in [0.5, 0.6) is 11.8 Å². The van der Waals surface area contributed by atoms with E-state index in [2.05, 4.69) is 27.1 Å². The number of nitrogens with zero attached hydrogens (tertiary/aromatic N) is 4. The van der Waals surface area contributed by atoms with Crippen LogP contribution in [0.25, 0.3) is 32.8 Å². The highest BCUT2D eigenvalue weighted by Crippen LogP contribution is 2.41. The summed E-state index contributed by atoms with van der Waals surface area (Å²) in [7, 11) is 1.84. The van der Waals surface area contributed by atoms with Crippen LogP contribution in [0.3, 0.4) is 0 Å². The quantitative estimate of drug-likeness (QED) is 0.347. The summed E-state index contributed by atoms with van der Waals surface area (Å²) in [5.41, 5.74) is -0.243.